The Morgan fingerprint density at radius 1 is 1.21 bits per heavy atom. The molecule has 0 aliphatic rings. The van der Waals surface area contributed by atoms with Gasteiger partial charge in [-0.05, 0) is 47.2 Å². The Labute approximate surface area is 113 Å². The van der Waals surface area contributed by atoms with Crippen molar-refractivity contribution in [2.24, 2.45) is 0 Å². The molecule has 19 heavy (non-hydrogen) atoms. The minimum absolute atomic E-state index is 0.262. The second-order valence-electron chi connectivity index (χ2n) is 4.08. The van der Waals surface area contributed by atoms with Crippen LogP contribution in [0.25, 0.3) is 10.1 Å². The van der Waals surface area contributed by atoms with Crippen LogP contribution in [0.3, 0.4) is 0 Å². The van der Waals surface area contributed by atoms with Gasteiger partial charge in [-0.1, -0.05) is 6.07 Å². The molecule has 0 spiro atoms. The molecule has 0 saturated heterocycles. The quantitative estimate of drug-likeness (QED) is 0.751. The maximum absolute atomic E-state index is 12.0. The summed E-state index contributed by atoms with van der Waals surface area (Å²) in [5, 5.41) is 5.95. The van der Waals surface area contributed by atoms with E-state index in [0.717, 1.165) is 11.1 Å². The summed E-state index contributed by atoms with van der Waals surface area (Å²) in [6.07, 6.45) is 0. The number of anilines is 2. The van der Waals surface area contributed by atoms with Crippen LogP contribution in [0.1, 0.15) is 10.5 Å². The molecule has 5 heteroatoms. The van der Waals surface area contributed by atoms with Gasteiger partial charge in [0.05, 0.1) is 0 Å². The summed E-state index contributed by atoms with van der Waals surface area (Å²) in [5.74, 6) is 0.0721. The van der Waals surface area contributed by atoms with Gasteiger partial charge in [0.15, 0.2) is 0 Å². The molecule has 2 aromatic heterocycles. The van der Waals surface area contributed by atoms with Crippen LogP contribution < -0.4 is 11.1 Å². The van der Waals surface area contributed by atoms with E-state index >= 15 is 0 Å². The molecule has 0 radical (unpaired) electrons. The van der Waals surface area contributed by atoms with Crippen LogP contribution in [0, 0.1) is 0 Å². The number of nitrogens with one attached hydrogen (secondary N) is 1. The monoisotopic (exact) mass is 269 g/mol. The number of carbonyl (C=O) groups excluding carboxylic acids is 1. The highest BCUT2D eigenvalue weighted by Gasteiger charge is 2.08. The normalized spacial score (nSPS) is 10.5. The Bertz CT molecular complexity index is 751. The molecule has 4 nitrogen and oxygen atoms in total. The lowest BCUT2D eigenvalue weighted by atomic mass is 10.2. The van der Waals surface area contributed by atoms with Crippen LogP contribution in [-0.4, -0.2) is 10.9 Å². The lowest BCUT2D eigenvalue weighted by Crippen LogP contribution is -2.14. The number of pyridine rings is 1. The smallest absolute Gasteiger partial charge is 0.274 e. The highest BCUT2D eigenvalue weighted by molar-refractivity contribution is 7.17. The predicted octanol–water partition coefficient (Wildman–Crippen LogP) is 3.13. The summed E-state index contributed by atoms with van der Waals surface area (Å²) in [6.45, 7) is 0. The molecule has 0 atom stereocenters. The molecular formula is C14H11N3OS. The zero-order valence-corrected chi connectivity index (χ0v) is 10.8. The van der Waals surface area contributed by atoms with Crippen molar-refractivity contribution in [3.63, 3.8) is 0 Å². The van der Waals surface area contributed by atoms with Crippen molar-refractivity contribution >= 4 is 38.8 Å². The van der Waals surface area contributed by atoms with Crippen molar-refractivity contribution in [2.45, 2.75) is 0 Å². The Kier molecular flexibility index (Phi) is 2.89. The summed E-state index contributed by atoms with van der Waals surface area (Å²) < 4.78 is 1.19. The van der Waals surface area contributed by atoms with Gasteiger partial charge in [-0.3, -0.25) is 4.79 Å². The van der Waals surface area contributed by atoms with Gasteiger partial charge in [0.25, 0.3) is 5.91 Å². The lowest BCUT2D eigenvalue weighted by Gasteiger charge is -2.05. The van der Waals surface area contributed by atoms with Crippen molar-refractivity contribution in [3.05, 3.63) is 53.5 Å². The maximum Gasteiger partial charge on any atom is 0.274 e. The van der Waals surface area contributed by atoms with Gasteiger partial charge in [0, 0.05) is 10.4 Å². The SMILES string of the molecule is Nc1cccc(C(=O)Nc2ccc3sccc3c2)n1. The molecule has 0 fully saturated rings. The topological polar surface area (TPSA) is 68.0 Å². The van der Waals surface area contributed by atoms with Gasteiger partial charge in [-0.25, -0.2) is 4.98 Å². The number of nitrogens with two attached hydrogens (primary N) is 1. The zero-order valence-electron chi connectivity index (χ0n) is 9.96. The molecule has 3 aromatic rings. The van der Waals surface area contributed by atoms with Crippen LogP contribution in [0.4, 0.5) is 11.5 Å². The number of aromatic nitrogens is 1. The van der Waals surface area contributed by atoms with Gasteiger partial charge in [0.1, 0.15) is 11.5 Å². The molecule has 3 N–H and O–H groups in total. The second-order valence-corrected chi connectivity index (χ2v) is 5.02. The third-order valence-electron chi connectivity index (χ3n) is 2.71. The summed E-state index contributed by atoms with van der Waals surface area (Å²) >= 11 is 1.67. The number of nitrogens with zero attached hydrogens (tertiary/aromatic N) is 1. The molecule has 3 rings (SSSR count). The lowest BCUT2D eigenvalue weighted by molar-refractivity contribution is 0.102. The fourth-order valence-corrected chi connectivity index (χ4v) is 2.59. The van der Waals surface area contributed by atoms with Crippen molar-refractivity contribution in [3.8, 4) is 0 Å². The van der Waals surface area contributed by atoms with E-state index < -0.39 is 0 Å². The van der Waals surface area contributed by atoms with Crippen LogP contribution in [0.2, 0.25) is 0 Å². The molecular weight excluding hydrogens is 258 g/mol. The first kappa shape index (κ1) is 11.7. The van der Waals surface area contributed by atoms with E-state index in [9.17, 15) is 4.79 Å². The van der Waals surface area contributed by atoms with E-state index in [0.29, 0.717) is 11.5 Å². The molecule has 0 bridgehead atoms. The van der Waals surface area contributed by atoms with Crippen LogP contribution in [0.15, 0.2) is 47.8 Å². The van der Waals surface area contributed by atoms with Crippen molar-refractivity contribution < 1.29 is 4.79 Å². The van der Waals surface area contributed by atoms with E-state index in [1.54, 1.807) is 29.5 Å². The Morgan fingerprint density at radius 2 is 2.11 bits per heavy atom. The third kappa shape index (κ3) is 2.41. The number of fused-ring (bicyclic) bond motifs is 1. The van der Waals surface area contributed by atoms with Gasteiger partial charge in [-0.2, -0.15) is 0 Å². The Morgan fingerprint density at radius 3 is 2.95 bits per heavy atom. The predicted molar refractivity (Wildman–Crippen MR) is 78.4 cm³/mol. The highest BCUT2D eigenvalue weighted by Crippen LogP contribution is 2.24. The van der Waals surface area contributed by atoms with Crippen molar-refractivity contribution in [1.29, 1.82) is 0 Å². The largest absolute Gasteiger partial charge is 0.384 e. The first-order valence-electron chi connectivity index (χ1n) is 5.73. The summed E-state index contributed by atoms with van der Waals surface area (Å²) in [6, 6.07) is 12.8. The van der Waals surface area contributed by atoms with Gasteiger partial charge < -0.3 is 11.1 Å². The van der Waals surface area contributed by atoms with Crippen molar-refractivity contribution in [2.75, 3.05) is 11.1 Å². The Balaban J connectivity index is 1.86. The zero-order chi connectivity index (χ0) is 13.2. The number of carbonyl (C=O) groups is 1. The number of hydrogen-bond donors (Lipinski definition) is 2. The van der Waals surface area contributed by atoms with E-state index in [4.69, 9.17) is 5.73 Å². The van der Waals surface area contributed by atoms with E-state index in [-0.39, 0.29) is 5.91 Å². The average Bonchev–Trinajstić information content (AvgIpc) is 2.86. The summed E-state index contributed by atoms with van der Waals surface area (Å²) in [7, 11) is 0. The summed E-state index contributed by atoms with van der Waals surface area (Å²) in [4.78, 5) is 16.0. The van der Waals surface area contributed by atoms with Crippen molar-refractivity contribution in [1.82, 2.24) is 4.98 Å². The molecule has 0 unspecified atom stereocenters. The van der Waals surface area contributed by atoms with E-state index in [1.807, 2.05) is 29.6 Å². The molecule has 1 amide bonds. The number of nitrogen functional groups attached to an aromatic ring is 1. The minimum atomic E-state index is -0.262. The first-order valence-corrected chi connectivity index (χ1v) is 6.61. The number of amides is 1. The second kappa shape index (κ2) is 4.70. The molecule has 0 saturated carbocycles. The first-order chi connectivity index (χ1) is 9.22. The molecule has 2 heterocycles. The molecule has 1 aromatic carbocycles. The number of hydrogen-bond acceptors (Lipinski definition) is 4. The summed E-state index contributed by atoms with van der Waals surface area (Å²) in [5.41, 5.74) is 6.62. The van der Waals surface area contributed by atoms with Gasteiger partial charge in [0.2, 0.25) is 0 Å². The highest BCUT2D eigenvalue weighted by atomic mass is 32.1. The van der Waals surface area contributed by atoms with E-state index in [1.165, 1.54) is 4.70 Å². The number of benzene rings is 1. The molecule has 0 aliphatic carbocycles. The number of rotatable bonds is 2. The standard InChI is InChI=1S/C14H11N3OS/c15-13-3-1-2-11(17-13)14(18)16-10-4-5-12-9(8-10)6-7-19-12/h1-8H,(H2,15,17)(H,16,18). The van der Waals surface area contributed by atoms with Crippen LogP contribution in [0.5, 0.6) is 0 Å². The molecule has 0 aliphatic heterocycles. The van der Waals surface area contributed by atoms with Gasteiger partial charge in [-0.15, -0.1) is 11.3 Å². The fourth-order valence-electron chi connectivity index (χ4n) is 1.82. The van der Waals surface area contributed by atoms with E-state index in [2.05, 4.69) is 10.3 Å². The molecule has 94 valence electrons. The Hall–Kier alpha value is -2.40. The fraction of sp³-hybridized carbons (Fsp3) is 0. The van der Waals surface area contributed by atoms with Gasteiger partial charge >= 0.3 is 0 Å². The van der Waals surface area contributed by atoms with Crippen LogP contribution in [-0.2, 0) is 0 Å². The number of thiophene rings is 1. The van der Waals surface area contributed by atoms with Crippen LogP contribution >= 0.6 is 11.3 Å². The maximum atomic E-state index is 12.0. The minimum Gasteiger partial charge on any atom is -0.384 e. The third-order valence-corrected chi connectivity index (χ3v) is 3.61. The average molecular weight is 269 g/mol.